The zero-order chi connectivity index (χ0) is 17.8. The lowest BCUT2D eigenvalue weighted by Gasteiger charge is -2.17. The van der Waals surface area contributed by atoms with Gasteiger partial charge in [0.15, 0.2) is 0 Å². The van der Waals surface area contributed by atoms with Crippen molar-refractivity contribution in [3.8, 4) is 0 Å². The van der Waals surface area contributed by atoms with Crippen LogP contribution >= 0.6 is 0 Å². The monoisotopic (exact) mass is 345 g/mol. The first-order valence-corrected chi connectivity index (χ1v) is 7.86. The van der Waals surface area contributed by atoms with Gasteiger partial charge in [0, 0.05) is 25.2 Å². The van der Waals surface area contributed by atoms with E-state index in [9.17, 15) is 18.4 Å². The summed E-state index contributed by atoms with van der Waals surface area (Å²) in [6.07, 6.45) is 0.153. The highest BCUT2D eigenvalue weighted by Gasteiger charge is 2.31. The molecular formula is C18H17F2N3O2. The van der Waals surface area contributed by atoms with E-state index in [1.807, 2.05) is 0 Å². The number of amides is 3. The second kappa shape index (κ2) is 7.29. The summed E-state index contributed by atoms with van der Waals surface area (Å²) in [6.45, 7) is 0.534. The third kappa shape index (κ3) is 4.32. The highest BCUT2D eigenvalue weighted by Crippen LogP contribution is 2.22. The maximum atomic E-state index is 13.3. The first-order chi connectivity index (χ1) is 12.0. The summed E-state index contributed by atoms with van der Waals surface area (Å²) in [7, 11) is 0. The number of hydrogen-bond acceptors (Lipinski definition) is 2. The predicted molar refractivity (Wildman–Crippen MR) is 88.9 cm³/mol. The third-order valence-corrected chi connectivity index (χ3v) is 3.95. The standard InChI is InChI=1S/C18H17F2N3O2/c19-13-6-4-12(5-7-13)10-21-18(25)22-15-9-17(24)23(11-15)16-3-1-2-14(20)8-16/h1-8,15H,9-11H2,(H2,21,22,25). The summed E-state index contributed by atoms with van der Waals surface area (Å²) in [6, 6.07) is 10.8. The van der Waals surface area contributed by atoms with Gasteiger partial charge in [-0.3, -0.25) is 4.79 Å². The average Bonchev–Trinajstić information content (AvgIpc) is 2.94. The Morgan fingerprint density at radius 2 is 1.88 bits per heavy atom. The van der Waals surface area contributed by atoms with Gasteiger partial charge < -0.3 is 15.5 Å². The minimum absolute atomic E-state index is 0.153. The number of carbonyl (C=O) groups excluding carboxylic acids is 2. The largest absolute Gasteiger partial charge is 0.334 e. The van der Waals surface area contributed by atoms with Gasteiger partial charge in [0.25, 0.3) is 0 Å². The van der Waals surface area contributed by atoms with Crippen LogP contribution in [0.4, 0.5) is 19.3 Å². The Morgan fingerprint density at radius 1 is 1.12 bits per heavy atom. The van der Waals surface area contributed by atoms with Crippen LogP contribution in [0.25, 0.3) is 0 Å². The van der Waals surface area contributed by atoms with Crippen molar-refractivity contribution in [3.05, 3.63) is 65.7 Å². The van der Waals surface area contributed by atoms with E-state index >= 15 is 0 Å². The molecule has 1 fully saturated rings. The van der Waals surface area contributed by atoms with Crippen molar-refractivity contribution in [1.82, 2.24) is 10.6 Å². The quantitative estimate of drug-likeness (QED) is 0.895. The molecule has 0 bridgehead atoms. The molecule has 3 amide bonds. The number of halogens is 2. The SMILES string of the molecule is O=C(NCc1ccc(F)cc1)NC1CC(=O)N(c2cccc(F)c2)C1. The lowest BCUT2D eigenvalue weighted by atomic mass is 10.2. The average molecular weight is 345 g/mol. The summed E-state index contributed by atoms with van der Waals surface area (Å²) in [5.74, 6) is -0.928. The molecule has 0 radical (unpaired) electrons. The normalized spacial score (nSPS) is 16.8. The second-order valence-corrected chi connectivity index (χ2v) is 5.84. The van der Waals surface area contributed by atoms with Crippen molar-refractivity contribution in [2.45, 2.75) is 19.0 Å². The first kappa shape index (κ1) is 16.9. The van der Waals surface area contributed by atoms with E-state index in [0.717, 1.165) is 5.56 Å². The van der Waals surface area contributed by atoms with Crippen molar-refractivity contribution in [2.75, 3.05) is 11.4 Å². The summed E-state index contributed by atoms with van der Waals surface area (Å²) in [4.78, 5) is 25.5. The summed E-state index contributed by atoms with van der Waals surface area (Å²) in [5.41, 5.74) is 1.24. The van der Waals surface area contributed by atoms with Crippen LogP contribution in [0.5, 0.6) is 0 Å². The number of urea groups is 1. The smallest absolute Gasteiger partial charge is 0.315 e. The fourth-order valence-corrected chi connectivity index (χ4v) is 2.72. The molecule has 130 valence electrons. The molecule has 1 heterocycles. The van der Waals surface area contributed by atoms with Crippen molar-refractivity contribution in [2.24, 2.45) is 0 Å². The van der Waals surface area contributed by atoms with Gasteiger partial charge in [0.05, 0.1) is 6.04 Å². The Kier molecular flexibility index (Phi) is 4.92. The second-order valence-electron chi connectivity index (χ2n) is 5.84. The molecule has 1 aliphatic rings. The van der Waals surface area contributed by atoms with Crippen LogP contribution in [0.3, 0.4) is 0 Å². The van der Waals surface area contributed by atoms with Crippen LogP contribution in [0.15, 0.2) is 48.5 Å². The number of carbonyl (C=O) groups is 2. The molecule has 0 saturated carbocycles. The molecule has 2 aromatic rings. The molecule has 1 atom stereocenters. The number of rotatable bonds is 4. The van der Waals surface area contributed by atoms with E-state index in [2.05, 4.69) is 10.6 Å². The zero-order valence-corrected chi connectivity index (χ0v) is 13.3. The molecule has 2 N–H and O–H groups in total. The Bertz CT molecular complexity index is 780. The van der Waals surface area contributed by atoms with E-state index < -0.39 is 11.8 Å². The number of benzene rings is 2. The number of nitrogens with zero attached hydrogens (tertiary/aromatic N) is 1. The van der Waals surface area contributed by atoms with E-state index in [-0.39, 0.29) is 37.3 Å². The van der Waals surface area contributed by atoms with Crippen LogP contribution in [0.2, 0.25) is 0 Å². The van der Waals surface area contributed by atoms with Crippen molar-refractivity contribution in [3.63, 3.8) is 0 Å². The molecular weight excluding hydrogens is 328 g/mol. The van der Waals surface area contributed by atoms with Gasteiger partial charge >= 0.3 is 6.03 Å². The molecule has 0 aromatic heterocycles. The van der Waals surface area contributed by atoms with Crippen molar-refractivity contribution >= 4 is 17.6 Å². The maximum absolute atomic E-state index is 13.3. The van der Waals surface area contributed by atoms with Crippen molar-refractivity contribution in [1.29, 1.82) is 0 Å². The molecule has 1 aliphatic heterocycles. The molecule has 1 saturated heterocycles. The van der Waals surface area contributed by atoms with Gasteiger partial charge in [0.1, 0.15) is 11.6 Å². The number of hydrogen-bond donors (Lipinski definition) is 2. The Labute approximate surface area is 143 Å². The molecule has 7 heteroatoms. The van der Waals surface area contributed by atoms with Gasteiger partial charge in [-0.2, -0.15) is 0 Å². The van der Waals surface area contributed by atoms with Crippen LogP contribution in [-0.2, 0) is 11.3 Å². The molecule has 25 heavy (non-hydrogen) atoms. The van der Waals surface area contributed by atoms with Gasteiger partial charge in [-0.15, -0.1) is 0 Å². The molecule has 0 spiro atoms. The zero-order valence-electron chi connectivity index (χ0n) is 13.3. The molecule has 5 nitrogen and oxygen atoms in total. The minimum atomic E-state index is -0.418. The Hall–Kier alpha value is -2.96. The minimum Gasteiger partial charge on any atom is -0.334 e. The van der Waals surface area contributed by atoms with Crippen LogP contribution in [0.1, 0.15) is 12.0 Å². The lowest BCUT2D eigenvalue weighted by Crippen LogP contribution is -2.43. The molecule has 3 rings (SSSR count). The maximum Gasteiger partial charge on any atom is 0.315 e. The Morgan fingerprint density at radius 3 is 2.60 bits per heavy atom. The lowest BCUT2D eigenvalue weighted by molar-refractivity contribution is -0.117. The summed E-state index contributed by atoms with van der Waals surface area (Å²) in [5, 5.41) is 5.39. The van der Waals surface area contributed by atoms with Gasteiger partial charge in [0.2, 0.25) is 5.91 Å². The fourth-order valence-electron chi connectivity index (χ4n) is 2.72. The fraction of sp³-hybridized carbons (Fsp3) is 0.222. The number of anilines is 1. The van der Waals surface area contributed by atoms with Gasteiger partial charge in [-0.1, -0.05) is 18.2 Å². The topological polar surface area (TPSA) is 61.4 Å². The molecule has 1 unspecified atom stereocenters. The molecule has 2 aromatic carbocycles. The Balaban J connectivity index is 1.52. The highest BCUT2D eigenvalue weighted by atomic mass is 19.1. The summed E-state index contributed by atoms with van der Waals surface area (Å²) < 4.78 is 26.1. The van der Waals surface area contributed by atoms with E-state index in [1.54, 1.807) is 18.2 Å². The van der Waals surface area contributed by atoms with Crippen LogP contribution in [0, 0.1) is 11.6 Å². The van der Waals surface area contributed by atoms with E-state index in [1.165, 1.54) is 35.2 Å². The van der Waals surface area contributed by atoms with E-state index in [0.29, 0.717) is 5.69 Å². The van der Waals surface area contributed by atoms with E-state index in [4.69, 9.17) is 0 Å². The summed E-state index contributed by atoms with van der Waals surface area (Å²) >= 11 is 0. The van der Waals surface area contributed by atoms with Crippen molar-refractivity contribution < 1.29 is 18.4 Å². The third-order valence-electron chi connectivity index (χ3n) is 3.95. The van der Waals surface area contributed by atoms with Gasteiger partial charge in [-0.25, -0.2) is 13.6 Å². The predicted octanol–water partition coefficient (Wildman–Crippen LogP) is 2.57. The molecule has 0 aliphatic carbocycles. The number of nitrogens with one attached hydrogen (secondary N) is 2. The van der Waals surface area contributed by atoms with Gasteiger partial charge in [-0.05, 0) is 35.9 Å². The van der Waals surface area contributed by atoms with Crippen LogP contribution < -0.4 is 15.5 Å². The van der Waals surface area contributed by atoms with Crippen LogP contribution in [-0.4, -0.2) is 24.5 Å². The first-order valence-electron chi connectivity index (χ1n) is 7.86. The highest BCUT2D eigenvalue weighted by molar-refractivity contribution is 5.96.